The second-order valence-corrected chi connectivity index (χ2v) is 4.91. The molecule has 0 radical (unpaired) electrons. The molecule has 0 aliphatic heterocycles. The van der Waals surface area contributed by atoms with Crippen molar-refractivity contribution in [2.24, 2.45) is 0 Å². The lowest BCUT2D eigenvalue weighted by atomic mass is 9.90. The second-order valence-electron chi connectivity index (χ2n) is 4.91. The zero-order chi connectivity index (χ0) is 12.7. The second kappa shape index (κ2) is 7.54. The van der Waals surface area contributed by atoms with Gasteiger partial charge in [-0.1, -0.05) is 6.92 Å². The van der Waals surface area contributed by atoms with Crippen LogP contribution in [0.5, 0.6) is 0 Å². The molecule has 0 atom stereocenters. The summed E-state index contributed by atoms with van der Waals surface area (Å²) in [5.74, 6) is 0. The molecule has 17 heavy (non-hydrogen) atoms. The average molecular weight is 241 g/mol. The Labute approximate surface area is 105 Å². The average Bonchev–Trinajstić information content (AvgIpc) is 2.36. The molecule has 1 saturated carbocycles. The van der Waals surface area contributed by atoms with E-state index < -0.39 is 0 Å². The fourth-order valence-corrected chi connectivity index (χ4v) is 2.46. The molecule has 4 heteroatoms. The van der Waals surface area contributed by atoms with Gasteiger partial charge in [-0.05, 0) is 45.6 Å². The first-order valence-electron chi connectivity index (χ1n) is 6.93. The van der Waals surface area contributed by atoms with Crippen LogP contribution in [-0.4, -0.2) is 43.2 Å². The lowest BCUT2D eigenvalue weighted by Gasteiger charge is -2.35. The highest BCUT2D eigenvalue weighted by atomic mass is 16.2. The van der Waals surface area contributed by atoms with Crippen LogP contribution in [0, 0.1) is 0 Å². The quantitative estimate of drug-likeness (QED) is 0.773. The Morgan fingerprint density at radius 2 is 1.88 bits per heavy atom. The lowest BCUT2D eigenvalue weighted by molar-refractivity contribution is 0.166. The monoisotopic (exact) mass is 241 g/mol. The molecule has 100 valence electrons. The van der Waals surface area contributed by atoms with Crippen molar-refractivity contribution < 1.29 is 4.79 Å². The first-order valence-corrected chi connectivity index (χ1v) is 6.93. The third-order valence-electron chi connectivity index (χ3n) is 3.58. The zero-order valence-corrected chi connectivity index (χ0v) is 11.5. The largest absolute Gasteiger partial charge is 0.338 e. The van der Waals surface area contributed by atoms with Crippen molar-refractivity contribution in [2.45, 2.75) is 58.0 Å². The fourth-order valence-electron chi connectivity index (χ4n) is 2.46. The number of nitrogens with one attached hydrogen (secondary N) is 2. The van der Waals surface area contributed by atoms with Crippen LogP contribution in [0.25, 0.3) is 0 Å². The highest BCUT2D eigenvalue weighted by Crippen LogP contribution is 2.22. The molecule has 1 aliphatic rings. The Morgan fingerprint density at radius 3 is 2.41 bits per heavy atom. The van der Waals surface area contributed by atoms with Gasteiger partial charge in [0, 0.05) is 25.7 Å². The van der Waals surface area contributed by atoms with Gasteiger partial charge in [-0.2, -0.15) is 0 Å². The highest BCUT2D eigenvalue weighted by molar-refractivity contribution is 5.74. The van der Waals surface area contributed by atoms with Crippen molar-refractivity contribution in [3.63, 3.8) is 0 Å². The summed E-state index contributed by atoms with van der Waals surface area (Å²) in [6.45, 7) is 5.97. The summed E-state index contributed by atoms with van der Waals surface area (Å²) >= 11 is 0. The molecule has 1 rings (SSSR count). The van der Waals surface area contributed by atoms with Crippen molar-refractivity contribution in [3.8, 4) is 0 Å². The van der Waals surface area contributed by atoms with Gasteiger partial charge >= 0.3 is 6.03 Å². The molecule has 0 bridgehead atoms. The number of rotatable bonds is 5. The zero-order valence-electron chi connectivity index (χ0n) is 11.5. The maximum Gasteiger partial charge on any atom is 0.317 e. The van der Waals surface area contributed by atoms with Crippen LogP contribution in [0.1, 0.15) is 46.0 Å². The van der Waals surface area contributed by atoms with E-state index in [4.69, 9.17) is 0 Å². The third kappa shape index (κ3) is 4.54. The minimum atomic E-state index is 0.0671. The molecule has 0 aromatic heterocycles. The Kier molecular flexibility index (Phi) is 6.34. The molecule has 0 aromatic rings. The molecular formula is C13H27N3O. The van der Waals surface area contributed by atoms with Gasteiger partial charge in [0.05, 0.1) is 0 Å². The normalized spacial score (nSPS) is 24.4. The molecule has 0 aromatic carbocycles. The number of nitrogens with zero attached hydrogens (tertiary/aromatic N) is 1. The Hall–Kier alpha value is -0.770. The smallest absolute Gasteiger partial charge is 0.317 e. The van der Waals surface area contributed by atoms with E-state index in [1.165, 1.54) is 19.3 Å². The maximum atomic E-state index is 11.7. The maximum absolute atomic E-state index is 11.7. The topological polar surface area (TPSA) is 44.4 Å². The SMILES string of the molecule is CCCNC1CCC(N(C)C(=O)NCC)CC1. The molecule has 1 aliphatic carbocycles. The first kappa shape index (κ1) is 14.3. The van der Waals surface area contributed by atoms with E-state index in [-0.39, 0.29) is 6.03 Å². The summed E-state index contributed by atoms with van der Waals surface area (Å²) in [6.07, 6.45) is 5.81. The van der Waals surface area contributed by atoms with Crippen LogP contribution in [-0.2, 0) is 0 Å². The van der Waals surface area contributed by atoms with Gasteiger partial charge in [-0.15, -0.1) is 0 Å². The van der Waals surface area contributed by atoms with Crippen molar-refractivity contribution >= 4 is 6.03 Å². The summed E-state index contributed by atoms with van der Waals surface area (Å²) < 4.78 is 0. The predicted octanol–water partition coefficient (Wildman–Crippen LogP) is 1.96. The lowest BCUT2D eigenvalue weighted by Crippen LogP contribution is -2.47. The van der Waals surface area contributed by atoms with E-state index in [1.807, 2.05) is 18.9 Å². The van der Waals surface area contributed by atoms with Crippen LogP contribution in [0.3, 0.4) is 0 Å². The fraction of sp³-hybridized carbons (Fsp3) is 0.923. The molecule has 2 amide bonds. The molecule has 0 spiro atoms. The Balaban J connectivity index is 2.28. The van der Waals surface area contributed by atoms with E-state index in [2.05, 4.69) is 17.6 Å². The number of carbonyl (C=O) groups is 1. The Bertz CT molecular complexity index is 225. The van der Waals surface area contributed by atoms with Crippen LogP contribution in [0.15, 0.2) is 0 Å². The van der Waals surface area contributed by atoms with Crippen LogP contribution >= 0.6 is 0 Å². The molecule has 2 N–H and O–H groups in total. The van der Waals surface area contributed by atoms with E-state index in [0.717, 1.165) is 19.4 Å². The number of urea groups is 1. The summed E-state index contributed by atoms with van der Waals surface area (Å²) in [4.78, 5) is 13.6. The predicted molar refractivity (Wildman–Crippen MR) is 71.2 cm³/mol. The van der Waals surface area contributed by atoms with Crippen molar-refractivity contribution in [1.29, 1.82) is 0 Å². The van der Waals surface area contributed by atoms with E-state index in [9.17, 15) is 4.79 Å². The molecule has 1 fully saturated rings. The van der Waals surface area contributed by atoms with Crippen LogP contribution < -0.4 is 10.6 Å². The van der Waals surface area contributed by atoms with E-state index in [1.54, 1.807) is 0 Å². The molecule has 0 heterocycles. The number of hydrogen-bond donors (Lipinski definition) is 2. The number of carbonyl (C=O) groups excluding carboxylic acids is 1. The van der Waals surface area contributed by atoms with Gasteiger partial charge in [0.25, 0.3) is 0 Å². The molecule has 0 saturated heterocycles. The van der Waals surface area contributed by atoms with Gasteiger partial charge in [0.15, 0.2) is 0 Å². The van der Waals surface area contributed by atoms with E-state index in [0.29, 0.717) is 18.6 Å². The third-order valence-corrected chi connectivity index (χ3v) is 3.58. The summed E-state index contributed by atoms with van der Waals surface area (Å²) in [5, 5.41) is 6.43. The Morgan fingerprint density at radius 1 is 1.24 bits per heavy atom. The van der Waals surface area contributed by atoms with Gasteiger partial charge in [0.1, 0.15) is 0 Å². The molecule has 4 nitrogen and oxygen atoms in total. The van der Waals surface area contributed by atoms with Gasteiger partial charge in [-0.25, -0.2) is 4.79 Å². The summed E-state index contributed by atoms with van der Waals surface area (Å²) in [7, 11) is 1.91. The van der Waals surface area contributed by atoms with Crippen molar-refractivity contribution in [1.82, 2.24) is 15.5 Å². The standard InChI is InChI=1S/C13H27N3O/c1-4-10-15-11-6-8-12(9-7-11)16(3)13(17)14-5-2/h11-12,15H,4-10H2,1-3H3,(H,14,17). The molecular weight excluding hydrogens is 214 g/mol. The minimum absolute atomic E-state index is 0.0671. The highest BCUT2D eigenvalue weighted by Gasteiger charge is 2.25. The molecule has 0 unspecified atom stereocenters. The van der Waals surface area contributed by atoms with Crippen LogP contribution in [0.4, 0.5) is 4.79 Å². The van der Waals surface area contributed by atoms with Gasteiger partial charge < -0.3 is 15.5 Å². The van der Waals surface area contributed by atoms with Crippen molar-refractivity contribution in [2.75, 3.05) is 20.1 Å². The van der Waals surface area contributed by atoms with Gasteiger partial charge in [-0.3, -0.25) is 0 Å². The first-order chi connectivity index (χ1) is 8.19. The summed E-state index contributed by atoms with van der Waals surface area (Å²) in [6, 6.07) is 1.15. The minimum Gasteiger partial charge on any atom is -0.338 e. The van der Waals surface area contributed by atoms with Crippen LogP contribution in [0.2, 0.25) is 0 Å². The van der Waals surface area contributed by atoms with Crippen molar-refractivity contribution in [3.05, 3.63) is 0 Å². The van der Waals surface area contributed by atoms with E-state index >= 15 is 0 Å². The summed E-state index contributed by atoms with van der Waals surface area (Å²) in [5.41, 5.74) is 0. The number of hydrogen-bond acceptors (Lipinski definition) is 2. The number of amides is 2. The van der Waals surface area contributed by atoms with Gasteiger partial charge in [0.2, 0.25) is 0 Å².